The summed E-state index contributed by atoms with van der Waals surface area (Å²) in [6.07, 6.45) is 2.01. The minimum Gasteiger partial charge on any atom is -0.435 e. The Labute approximate surface area is 142 Å². The van der Waals surface area contributed by atoms with Crippen molar-refractivity contribution < 1.29 is 31.8 Å². The molecule has 5 nitrogen and oxygen atoms in total. The molecule has 1 heterocycles. The van der Waals surface area contributed by atoms with Gasteiger partial charge in [-0.15, -0.1) is 12.4 Å². The number of carbonyl (C=O) groups is 1. The van der Waals surface area contributed by atoms with E-state index in [1.54, 1.807) is 0 Å². The van der Waals surface area contributed by atoms with Gasteiger partial charge in [0, 0.05) is 18.5 Å². The van der Waals surface area contributed by atoms with Crippen LogP contribution in [0.5, 0.6) is 11.5 Å². The third-order valence-corrected chi connectivity index (χ3v) is 3.26. The zero-order valence-electron chi connectivity index (χ0n) is 12.4. The average molecular weight is 373 g/mol. The predicted molar refractivity (Wildman–Crippen MR) is 81.2 cm³/mol. The number of alkyl halides is 4. The highest BCUT2D eigenvalue weighted by Gasteiger charge is 2.20. The van der Waals surface area contributed by atoms with Crippen LogP contribution in [-0.4, -0.2) is 31.7 Å². The molecule has 1 unspecified atom stereocenters. The van der Waals surface area contributed by atoms with Gasteiger partial charge in [-0.05, 0) is 31.5 Å². The molecule has 0 saturated carbocycles. The molecule has 2 N–H and O–H groups in total. The first-order valence-electron chi connectivity index (χ1n) is 7.01. The number of hydrogen-bond acceptors (Lipinski definition) is 4. The SMILES string of the molecule is Cl.O=C(CC1CCCN1)Nc1ccc(OC(F)F)cc1OC(F)F. The van der Waals surface area contributed by atoms with Gasteiger partial charge in [-0.1, -0.05) is 0 Å². The summed E-state index contributed by atoms with van der Waals surface area (Å²) >= 11 is 0. The van der Waals surface area contributed by atoms with Crippen molar-refractivity contribution >= 4 is 24.0 Å². The molecule has 1 aromatic rings. The Morgan fingerprint density at radius 1 is 1.25 bits per heavy atom. The first-order valence-corrected chi connectivity index (χ1v) is 7.01. The van der Waals surface area contributed by atoms with Gasteiger partial charge in [0.2, 0.25) is 5.91 Å². The minimum absolute atomic E-state index is 0. The Kier molecular flexibility index (Phi) is 8.06. The quantitative estimate of drug-likeness (QED) is 0.720. The van der Waals surface area contributed by atoms with Crippen LogP contribution in [0.3, 0.4) is 0 Å². The fourth-order valence-corrected chi connectivity index (χ4v) is 2.33. The Morgan fingerprint density at radius 2 is 1.96 bits per heavy atom. The maximum absolute atomic E-state index is 12.4. The largest absolute Gasteiger partial charge is 0.435 e. The van der Waals surface area contributed by atoms with Crippen molar-refractivity contribution in [2.75, 3.05) is 11.9 Å². The molecule has 1 aromatic carbocycles. The van der Waals surface area contributed by atoms with Crippen LogP contribution in [0.15, 0.2) is 18.2 Å². The van der Waals surface area contributed by atoms with Crippen LogP contribution in [0.1, 0.15) is 19.3 Å². The molecule has 2 rings (SSSR count). The molecule has 1 fully saturated rings. The van der Waals surface area contributed by atoms with Crippen molar-refractivity contribution in [1.29, 1.82) is 0 Å². The lowest BCUT2D eigenvalue weighted by atomic mass is 10.1. The first kappa shape index (κ1) is 20.3. The van der Waals surface area contributed by atoms with Crippen molar-refractivity contribution in [1.82, 2.24) is 5.32 Å². The number of rotatable bonds is 7. The molecular weight excluding hydrogens is 356 g/mol. The number of halogens is 5. The normalized spacial score (nSPS) is 16.8. The fraction of sp³-hybridized carbons (Fsp3) is 0.500. The molecule has 136 valence electrons. The van der Waals surface area contributed by atoms with Crippen molar-refractivity contribution in [2.24, 2.45) is 0 Å². The van der Waals surface area contributed by atoms with Crippen molar-refractivity contribution in [3.05, 3.63) is 18.2 Å². The number of amides is 1. The lowest BCUT2D eigenvalue weighted by Crippen LogP contribution is -2.27. The van der Waals surface area contributed by atoms with Crippen LogP contribution < -0.4 is 20.1 Å². The molecule has 0 aliphatic carbocycles. The van der Waals surface area contributed by atoms with E-state index in [1.165, 1.54) is 6.07 Å². The highest BCUT2D eigenvalue weighted by molar-refractivity contribution is 5.92. The van der Waals surface area contributed by atoms with E-state index in [0.29, 0.717) is 0 Å². The number of anilines is 1. The van der Waals surface area contributed by atoms with E-state index in [-0.39, 0.29) is 42.2 Å². The lowest BCUT2D eigenvalue weighted by molar-refractivity contribution is -0.116. The summed E-state index contributed by atoms with van der Waals surface area (Å²) in [6.45, 7) is -5.43. The number of carbonyl (C=O) groups excluding carboxylic acids is 1. The summed E-state index contributed by atoms with van der Waals surface area (Å²) in [4.78, 5) is 11.9. The van der Waals surface area contributed by atoms with Crippen molar-refractivity contribution in [2.45, 2.75) is 38.5 Å². The van der Waals surface area contributed by atoms with Crippen LogP contribution in [0.25, 0.3) is 0 Å². The van der Waals surface area contributed by atoms with Gasteiger partial charge in [-0.2, -0.15) is 17.6 Å². The smallest absolute Gasteiger partial charge is 0.387 e. The third kappa shape index (κ3) is 6.40. The van der Waals surface area contributed by atoms with Gasteiger partial charge < -0.3 is 20.1 Å². The van der Waals surface area contributed by atoms with Crippen molar-refractivity contribution in [3.8, 4) is 11.5 Å². The molecule has 10 heteroatoms. The summed E-state index contributed by atoms with van der Waals surface area (Å²) in [7, 11) is 0. The Morgan fingerprint density at radius 3 is 2.54 bits per heavy atom. The predicted octanol–water partition coefficient (Wildman–Crippen LogP) is 3.39. The molecule has 0 bridgehead atoms. The van der Waals surface area contributed by atoms with E-state index < -0.39 is 19.0 Å². The van der Waals surface area contributed by atoms with Gasteiger partial charge in [0.05, 0.1) is 5.69 Å². The van der Waals surface area contributed by atoms with E-state index in [2.05, 4.69) is 20.1 Å². The molecule has 0 spiro atoms. The summed E-state index contributed by atoms with van der Waals surface area (Å²) < 4.78 is 57.6. The highest BCUT2D eigenvalue weighted by atomic mass is 35.5. The Balaban J connectivity index is 0.00000288. The van der Waals surface area contributed by atoms with E-state index in [0.717, 1.165) is 31.5 Å². The van der Waals surface area contributed by atoms with Gasteiger partial charge >= 0.3 is 13.2 Å². The standard InChI is InChI=1S/C14H16F4N2O3.ClH/c15-13(16)22-9-3-4-10(11(7-9)23-14(17)18)20-12(21)6-8-2-1-5-19-8;/h3-4,7-8,13-14,19H,1-2,5-6H2,(H,20,21);1H. The molecule has 0 radical (unpaired) electrons. The maximum atomic E-state index is 12.4. The Bertz CT molecular complexity index is 543. The molecule has 1 aliphatic heterocycles. The summed E-state index contributed by atoms with van der Waals surface area (Å²) in [6, 6.07) is 3.22. The van der Waals surface area contributed by atoms with Crippen LogP contribution in [0, 0.1) is 0 Å². The van der Waals surface area contributed by atoms with Crippen LogP contribution in [0.2, 0.25) is 0 Å². The average Bonchev–Trinajstić information content (AvgIpc) is 2.93. The summed E-state index contributed by atoms with van der Waals surface area (Å²) in [5, 5.41) is 5.58. The number of ether oxygens (including phenoxy) is 2. The lowest BCUT2D eigenvalue weighted by Gasteiger charge is -2.15. The van der Waals surface area contributed by atoms with Crippen LogP contribution in [-0.2, 0) is 4.79 Å². The van der Waals surface area contributed by atoms with Gasteiger partial charge in [-0.3, -0.25) is 4.79 Å². The second kappa shape index (κ2) is 9.53. The fourth-order valence-electron chi connectivity index (χ4n) is 2.33. The summed E-state index contributed by atoms with van der Waals surface area (Å²) in [5.74, 6) is -1.16. The zero-order valence-corrected chi connectivity index (χ0v) is 13.3. The molecular formula is C14H17ClF4N2O3. The van der Waals surface area contributed by atoms with Gasteiger partial charge in [0.1, 0.15) is 5.75 Å². The molecule has 1 saturated heterocycles. The zero-order chi connectivity index (χ0) is 16.8. The highest BCUT2D eigenvalue weighted by Crippen LogP contribution is 2.31. The van der Waals surface area contributed by atoms with E-state index in [1.807, 2.05) is 0 Å². The Hall–Kier alpha value is -1.74. The molecule has 24 heavy (non-hydrogen) atoms. The number of benzene rings is 1. The topological polar surface area (TPSA) is 59.6 Å². The van der Waals surface area contributed by atoms with Gasteiger partial charge in [0.15, 0.2) is 5.75 Å². The van der Waals surface area contributed by atoms with Gasteiger partial charge in [-0.25, -0.2) is 0 Å². The van der Waals surface area contributed by atoms with E-state index in [4.69, 9.17) is 0 Å². The number of nitrogens with one attached hydrogen (secondary N) is 2. The van der Waals surface area contributed by atoms with Crippen LogP contribution in [0.4, 0.5) is 23.2 Å². The molecule has 1 aliphatic rings. The third-order valence-electron chi connectivity index (χ3n) is 3.26. The second-order valence-corrected chi connectivity index (χ2v) is 4.96. The van der Waals surface area contributed by atoms with Crippen molar-refractivity contribution in [3.63, 3.8) is 0 Å². The molecule has 1 atom stereocenters. The summed E-state index contributed by atoms with van der Waals surface area (Å²) in [5.41, 5.74) is -0.0325. The van der Waals surface area contributed by atoms with E-state index in [9.17, 15) is 22.4 Å². The second-order valence-electron chi connectivity index (χ2n) is 4.96. The van der Waals surface area contributed by atoms with Gasteiger partial charge in [0.25, 0.3) is 0 Å². The van der Waals surface area contributed by atoms with Crippen LogP contribution >= 0.6 is 12.4 Å². The monoisotopic (exact) mass is 372 g/mol. The van der Waals surface area contributed by atoms with E-state index >= 15 is 0 Å². The maximum Gasteiger partial charge on any atom is 0.387 e. The molecule has 0 aromatic heterocycles. The molecule has 1 amide bonds. The number of hydrogen-bond donors (Lipinski definition) is 2. The first-order chi connectivity index (χ1) is 10.9. The minimum atomic E-state index is -3.16.